The van der Waals surface area contributed by atoms with Gasteiger partial charge in [-0.05, 0) is 35.9 Å². The lowest BCUT2D eigenvalue weighted by Crippen LogP contribution is -1.99. The molecule has 0 saturated carbocycles. The normalized spacial score (nSPS) is 10.6. The maximum Gasteiger partial charge on any atom is 0.146 e. The van der Waals surface area contributed by atoms with Gasteiger partial charge in [-0.1, -0.05) is 30.3 Å². The number of para-hydroxylation sites is 1. The van der Waals surface area contributed by atoms with Gasteiger partial charge in [0.2, 0.25) is 0 Å². The molecule has 4 aromatic rings. The third-order valence-electron chi connectivity index (χ3n) is 4.10. The van der Waals surface area contributed by atoms with Gasteiger partial charge in [0.1, 0.15) is 11.6 Å². The maximum atomic E-state index is 5.37. The van der Waals surface area contributed by atoms with E-state index in [1.165, 1.54) is 0 Å². The predicted molar refractivity (Wildman–Crippen MR) is 98.8 cm³/mol. The first kappa shape index (κ1) is 15.1. The Morgan fingerprint density at radius 2 is 1.76 bits per heavy atom. The zero-order valence-corrected chi connectivity index (χ0v) is 13.8. The Morgan fingerprint density at radius 1 is 0.880 bits per heavy atom. The van der Waals surface area contributed by atoms with Crippen LogP contribution in [0.1, 0.15) is 0 Å². The summed E-state index contributed by atoms with van der Waals surface area (Å²) in [6.07, 6.45) is 7.37. The number of rotatable bonds is 4. The lowest BCUT2D eigenvalue weighted by Gasteiger charge is -2.14. The Bertz CT molecular complexity index is 993. The molecule has 122 valence electrons. The second kappa shape index (κ2) is 6.61. The highest BCUT2D eigenvalue weighted by Gasteiger charge is 2.12. The van der Waals surface area contributed by atoms with Gasteiger partial charge in [-0.2, -0.15) is 0 Å². The highest BCUT2D eigenvalue weighted by molar-refractivity contribution is 5.75. The fourth-order valence-electron chi connectivity index (χ4n) is 2.92. The van der Waals surface area contributed by atoms with Crippen LogP contribution >= 0.6 is 0 Å². The van der Waals surface area contributed by atoms with E-state index >= 15 is 0 Å². The topological polar surface area (TPSA) is 39.9 Å². The molecule has 0 radical (unpaired) electrons. The Labute approximate surface area is 146 Å². The van der Waals surface area contributed by atoms with Crippen molar-refractivity contribution in [1.82, 2.24) is 14.5 Å². The van der Waals surface area contributed by atoms with Gasteiger partial charge in [0, 0.05) is 35.9 Å². The number of pyridine rings is 1. The molecule has 4 rings (SSSR count). The fraction of sp³-hybridized carbons (Fsp3) is 0.0476. The summed E-state index contributed by atoms with van der Waals surface area (Å²) >= 11 is 0. The van der Waals surface area contributed by atoms with Crippen molar-refractivity contribution >= 4 is 0 Å². The number of hydrogen-bond acceptors (Lipinski definition) is 3. The summed E-state index contributed by atoms with van der Waals surface area (Å²) in [5.41, 5.74) is 4.25. The Kier molecular flexibility index (Phi) is 4.01. The van der Waals surface area contributed by atoms with Gasteiger partial charge in [-0.25, -0.2) is 4.98 Å². The standard InChI is InChI=1S/C21H17N3O/c1-25-18-8-4-6-16(14-18)19-9-2-3-10-20(19)24-13-12-23-21(24)17-7-5-11-22-15-17/h2-15H,1H3. The van der Waals surface area contributed by atoms with Crippen molar-refractivity contribution in [2.24, 2.45) is 0 Å². The monoisotopic (exact) mass is 327 g/mol. The quantitative estimate of drug-likeness (QED) is 0.549. The van der Waals surface area contributed by atoms with Crippen LogP contribution in [0.15, 0.2) is 85.5 Å². The van der Waals surface area contributed by atoms with Crippen LogP contribution in [0, 0.1) is 0 Å². The van der Waals surface area contributed by atoms with E-state index in [1.54, 1.807) is 13.3 Å². The van der Waals surface area contributed by atoms with Gasteiger partial charge < -0.3 is 4.74 Å². The maximum absolute atomic E-state index is 5.37. The first-order valence-corrected chi connectivity index (χ1v) is 8.04. The highest BCUT2D eigenvalue weighted by Crippen LogP contribution is 2.31. The molecule has 4 heteroatoms. The van der Waals surface area contributed by atoms with Gasteiger partial charge in [0.05, 0.1) is 12.8 Å². The average Bonchev–Trinajstić information content (AvgIpc) is 3.18. The SMILES string of the molecule is COc1cccc(-c2ccccc2-n2ccnc2-c2cccnc2)c1. The molecule has 0 aliphatic rings. The van der Waals surface area contributed by atoms with E-state index in [9.17, 15) is 0 Å². The Morgan fingerprint density at radius 3 is 2.60 bits per heavy atom. The van der Waals surface area contributed by atoms with E-state index < -0.39 is 0 Å². The summed E-state index contributed by atoms with van der Waals surface area (Å²) < 4.78 is 7.46. The lowest BCUT2D eigenvalue weighted by atomic mass is 10.0. The van der Waals surface area contributed by atoms with E-state index in [4.69, 9.17) is 4.74 Å². The number of imidazole rings is 1. The predicted octanol–water partition coefficient (Wildman–Crippen LogP) is 4.61. The molecule has 0 atom stereocenters. The summed E-state index contributed by atoms with van der Waals surface area (Å²) in [6.45, 7) is 0. The number of methoxy groups -OCH3 is 1. The summed E-state index contributed by atoms with van der Waals surface area (Å²) in [5.74, 6) is 1.70. The second-order valence-electron chi connectivity index (χ2n) is 5.61. The molecule has 0 saturated heterocycles. The number of aromatic nitrogens is 3. The van der Waals surface area contributed by atoms with Crippen LogP contribution in [0.4, 0.5) is 0 Å². The first-order valence-electron chi connectivity index (χ1n) is 8.04. The van der Waals surface area contributed by atoms with Crippen LogP contribution in [0.3, 0.4) is 0 Å². The van der Waals surface area contributed by atoms with Gasteiger partial charge >= 0.3 is 0 Å². The van der Waals surface area contributed by atoms with Crippen molar-refractivity contribution in [3.63, 3.8) is 0 Å². The van der Waals surface area contributed by atoms with Crippen LogP contribution in [-0.4, -0.2) is 21.6 Å². The molecule has 0 bridgehead atoms. The molecule has 2 aromatic heterocycles. The van der Waals surface area contributed by atoms with E-state index in [0.717, 1.165) is 34.0 Å². The van der Waals surface area contributed by atoms with E-state index in [0.29, 0.717) is 0 Å². The summed E-state index contributed by atoms with van der Waals surface area (Å²) in [6, 6.07) is 20.3. The van der Waals surface area contributed by atoms with Crippen LogP contribution < -0.4 is 4.74 Å². The molecule has 2 aromatic carbocycles. The molecule has 0 amide bonds. The molecule has 0 unspecified atom stereocenters. The molecule has 0 aliphatic heterocycles. The van der Waals surface area contributed by atoms with Crippen molar-refractivity contribution in [2.45, 2.75) is 0 Å². The Hall–Kier alpha value is -3.40. The zero-order valence-electron chi connectivity index (χ0n) is 13.8. The van der Waals surface area contributed by atoms with Crippen molar-refractivity contribution in [2.75, 3.05) is 7.11 Å². The molecule has 2 heterocycles. The summed E-state index contributed by atoms with van der Waals surface area (Å²) in [4.78, 5) is 8.74. The molecular formula is C21H17N3O. The number of nitrogens with zero attached hydrogens (tertiary/aromatic N) is 3. The molecular weight excluding hydrogens is 310 g/mol. The van der Waals surface area contributed by atoms with Crippen molar-refractivity contribution in [3.8, 4) is 34.0 Å². The molecule has 0 spiro atoms. The minimum Gasteiger partial charge on any atom is -0.497 e. The van der Waals surface area contributed by atoms with Gasteiger partial charge in [0.15, 0.2) is 0 Å². The summed E-state index contributed by atoms with van der Waals surface area (Å²) in [5, 5.41) is 0. The third kappa shape index (κ3) is 2.90. The minimum atomic E-state index is 0.838. The van der Waals surface area contributed by atoms with E-state index in [1.807, 2.05) is 61.1 Å². The number of benzene rings is 2. The molecule has 0 fully saturated rings. The summed E-state index contributed by atoms with van der Waals surface area (Å²) in [7, 11) is 1.68. The Balaban J connectivity index is 1.87. The van der Waals surface area contributed by atoms with Crippen LogP contribution in [0.25, 0.3) is 28.2 Å². The van der Waals surface area contributed by atoms with Crippen molar-refractivity contribution < 1.29 is 4.74 Å². The van der Waals surface area contributed by atoms with Gasteiger partial charge in [-0.3, -0.25) is 9.55 Å². The number of hydrogen-bond donors (Lipinski definition) is 0. The van der Waals surface area contributed by atoms with Crippen molar-refractivity contribution in [3.05, 3.63) is 85.5 Å². The highest BCUT2D eigenvalue weighted by atomic mass is 16.5. The van der Waals surface area contributed by atoms with Crippen molar-refractivity contribution in [1.29, 1.82) is 0 Å². The van der Waals surface area contributed by atoms with Gasteiger partial charge in [-0.15, -0.1) is 0 Å². The number of ether oxygens (including phenoxy) is 1. The molecule has 4 nitrogen and oxygen atoms in total. The second-order valence-corrected chi connectivity index (χ2v) is 5.61. The molecule has 25 heavy (non-hydrogen) atoms. The fourth-order valence-corrected chi connectivity index (χ4v) is 2.92. The van der Waals surface area contributed by atoms with Crippen LogP contribution in [0.2, 0.25) is 0 Å². The smallest absolute Gasteiger partial charge is 0.146 e. The largest absolute Gasteiger partial charge is 0.497 e. The van der Waals surface area contributed by atoms with Crippen LogP contribution in [0.5, 0.6) is 5.75 Å². The van der Waals surface area contributed by atoms with E-state index in [-0.39, 0.29) is 0 Å². The minimum absolute atomic E-state index is 0.838. The average molecular weight is 327 g/mol. The van der Waals surface area contributed by atoms with Crippen LogP contribution in [-0.2, 0) is 0 Å². The zero-order chi connectivity index (χ0) is 17.1. The third-order valence-corrected chi connectivity index (χ3v) is 4.10. The molecule has 0 aliphatic carbocycles. The van der Waals surface area contributed by atoms with E-state index in [2.05, 4.69) is 32.7 Å². The molecule has 0 N–H and O–H groups in total. The first-order chi connectivity index (χ1) is 12.4. The van der Waals surface area contributed by atoms with Gasteiger partial charge in [0.25, 0.3) is 0 Å². The lowest BCUT2D eigenvalue weighted by molar-refractivity contribution is 0.415.